The number of aromatic nitrogens is 1. The van der Waals surface area contributed by atoms with Crippen molar-refractivity contribution in [3.8, 4) is 11.6 Å². The number of carbonyl (C=O) groups excluding carboxylic acids is 1. The third kappa shape index (κ3) is 2.94. The summed E-state index contributed by atoms with van der Waals surface area (Å²) in [5.41, 5.74) is 8.03. The molecular formula is C17H19N3O2. The van der Waals surface area contributed by atoms with Crippen LogP contribution in [0.15, 0.2) is 36.5 Å². The molecule has 1 aromatic carbocycles. The lowest BCUT2D eigenvalue weighted by molar-refractivity contribution is -0.118. The summed E-state index contributed by atoms with van der Waals surface area (Å²) in [5.74, 6) is 1.11. The molecule has 0 aliphatic heterocycles. The van der Waals surface area contributed by atoms with Gasteiger partial charge in [0.05, 0.1) is 17.4 Å². The van der Waals surface area contributed by atoms with Crippen LogP contribution >= 0.6 is 0 Å². The van der Waals surface area contributed by atoms with Gasteiger partial charge in [0.25, 0.3) is 0 Å². The Hall–Kier alpha value is -2.40. The van der Waals surface area contributed by atoms with Gasteiger partial charge in [-0.2, -0.15) is 0 Å². The molecule has 1 fully saturated rings. The van der Waals surface area contributed by atoms with Gasteiger partial charge in [0.2, 0.25) is 11.8 Å². The average Bonchev–Trinajstić information content (AvgIpc) is 3.25. The summed E-state index contributed by atoms with van der Waals surface area (Å²) >= 11 is 0. The maximum absolute atomic E-state index is 11.9. The van der Waals surface area contributed by atoms with E-state index < -0.39 is 5.54 Å². The van der Waals surface area contributed by atoms with Gasteiger partial charge < -0.3 is 15.8 Å². The molecule has 22 heavy (non-hydrogen) atoms. The fraction of sp³-hybridized carbons (Fsp3) is 0.294. The molecule has 5 heteroatoms. The summed E-state index contributed by atoms with van der Waals surface area (Å²) in [4.78, 5) is 16.1. The molecule has 0 radical (unpaired) electrons. The van der Waals surface area contributed by atoms with E-state index in [9.17, 15) is 4.79 Å². The highest BCUT2D eigenvalue weighted by Gasteiger charge is 2.45. The van der Waals surface area contributed by atoms with E-state index in [0.717, 1.165) is 24.2 Å². The number of rotatable bonds is 4. The number of benzene rings is 1. The van der Waals surface area contributed by atoms with E-state index in [0.29, 0.717) is 11.6 Å². The summed E-state index contributed by atoms with van der Waals surface area (Å²) in [5, 5.41) is 2.77. The third-order valence-electron chi connectivity index (χ3n) is 4.00. The largest absolute Gasteiger partial charge is 0.439 e. The quantitative estimate of drug-likeness (QED) is 0.909. The molecule has 0 atom stereocenters. The van der Waals surface area contributed by atoms with Crippen LogP contribution in [-0.2, 0) is 4.79 Å². The molecule has 3 N–H and O–H groups in total. The Morgan fingerprint density at radius 2 is 2.05 bits per heavy atom. The van der Waals surface area contributed by atoms with Gasteiger partial charge in [0, 0.05) is 6.07 Å². The molecule has 0 bridgehead atoms. The van der Waals surface area contributed by atoms with Gasteiger partial charge in [-0.25, -0.2) is 4.98 Å². The molecule has 1 aromatic heterocycles. The van der Waals surface area contributed by atoms with E-state index in [4.69, 9.17) is 10.5 Å². The van der Waals surface area contributed by atoms with E-state index >= 15 is 0 Å². The molecule has 0 saturated heterocycles. The maximum Gasteiger partial charge on any atom is 0.244 e. The third-order valence-corrected chi connectivity index (χ3v) is 4.00. The summed E-state index contributed by atoms with van der Waals surface area (Å²) < 4.78 is 5.78. The minimum absolute atomic E-state index is 0.155. The molecule has 0 spiro atoms. The SMILES string of the molecule is Cc1cccc(Oc2ccc(NC(=O)C3(N)CC3)cn2)c1C. The van der Waals surface area contributed by atoms with Crippen molar-refractivity contribution in [2.24, 2.45) is 5.73 Å². The van der Waals surface area contributed by atoms with Crippen LogP contribution in [0.2, 0.25) is 0 Å². The highest BCUT2D eigenvalue weighted by atomic mass is 16.5. The molecule has 0 unspecified atom stereocenters. The second kappa shape index (κ2) is 5.42. The maximum atomic E-state index is 11.9. The smallest absolute Gasteiger partial charge is 0.244 e. The van der Waals surface area contributed by atoms with Crippen LogP contribution in [0.25, 0.3) is 0 Å². The number of aryl methyl sites for hydroxylation is 1. The Kier molecular flexibility index (Phi) is 3.58. The van der Waals surface area contributed by atoms with Gasteiger partial charge in [0.1, 0.15) is 5.75 Å². The second-order valence-electron chi connectivity index (χ2n) is 5.80. The number of hydrogen-bond acceptors (Lipinski definition) is 4. The summed E-state index contributed by atoms with van der Waals surface area (Å²) in [7, 11) is 0. The van der Waals surface area contributed by atoms with Crippen molar-refractivity contribution in [2.75, 3.05) is 5.32 Å². The first-order valence-electron chi connectivity index (χ1n) is 7.28. The predicted molar refractivity (Wildman–Crippen MR) is 85.0 cm³/mol. The number of ether oxygens (including phenoxy) is 1. The van der Waals surface area contributed by atoms with Gasteiger partial charge in [-0.1, -0.05) is 12.1 Å². The fourth-order valence-corrected chi connectivity index (χ4v) is 2.08. The van der Waals surface area contributed by atoms with Crippen LogP contribution in [0.5, 0.6) is 11.6 Å². The lowest BCUT2D eigenvalue weighted by Gasteiger charge is -2.11. The summed E-state index contributed by atoms with van der Waals surface area (Å²) in [6, 6.07) is 9.38. The Morgan fingerprint density at radius 3 is 2.68 bits per heavy atom. The van der Waals surface area contributed by atoms with Gasteiger partial charge in [-0.3, -0.25) is 4.79 Å². The predicted octanol–water partition coefficient (Wildman–Crippen LogP) is 2.92. The van der Waals surface area contributed by atoms with Crippen LogP contribution in [-0.4, -0.2) is 16.4 Å². The molecule has 1 aliphatic rings. The van der Waals surface area contributed by atoms with Gasteiger partial charge >= 0.3 is 0 Å². The van der Waals surface area contributed by atoms with Crippen molar-refractivity contribution in [3.05, 3.63) is 47.7 Å². The van der Waals surface area contributed by atoms with Crippen molar-refractivity contribution in [1.29, 1.82) is 0 Å². The van der Waals surface area contributed by atoms with Crippen molar-refractivity contribution >= 4 is 11.6 Å². The van der Waals surface area contributed by atoms with E-state index in [2.05, 4.69) is 10.3 Å². The van der Waals surface area contributed by atoms with Crippen molar-refractivity contribution in [1.82, 2.24) is 4.98 Å². The van der Waals surface area contributed by atoms with Crippen LogP contribution < -0.4 is 15.8 Å². The van der Waals surface area contributed by atoms with Crippen molar-refractivity contribution in [3.63, 3.8) is 0 Å². The second-order valence-corrected chi connectivity index (χ2v) is 5.80. The van der Waals surface area contributed by atoms with Crippen LogP contribution in [0.4, 0.5) is 5.69 Å². The minimum Gasteiger partial charge on any atom is -0.439 e. The Labute approximate surface area is 129 Å². The zero-order valence-electron chi connectivity index (χ0n) is 12.7. The Bertz CT molecular complexity index is 706. The van der Waals surface area contributed by atoms with Crippen molar-refractivity contribution < 1.29 is 9.53 Å². The van der Waals surface area contributed by atoms with Crippen LogP contribution in [0, 0.1) is 13.8 Å². The highest BCUT2D eigenvalue weighted by molar-refractivity contribution is 5.99. The number of hydrogen-bond donors (Lipinski definition) is 2. The molecule has 3 rings (SSSR count). The number of carbonyl (C=O) groups is 1. The molecule has 5 nitrogen and oxygen atoms in total. The van der Waals surface area contributed by atoms with Gasteiger partial charge in [-0.05, 0) is 49.9 Å². The van der Waals surface area contributed by atoms with Gasteiger partial charge in [0.15, 0.2) is 0 Å². The fourth-order valence-electron chi connectivity index (χ4n) is 2.08. The number of amides is 1. The molecular weight excluding hydrogens is 278 g/mol. The van der Waals surface area contributed by atoms with Crippen molar-refractivity contribution in [2.45, 2.75) is 32.2 Å². The Balaban J connectivity index is 1.69. The number of pyridine rings is 1. The lowest BCUT2D eigenvalue weighted by Crippen LogP contribution is -2.37. The first-order valence-corrected chi connectivity index (χ1v) is 7.28. The molecule has 2 aromatic rings. The van der Waals surface area contributed by atoms with Crippen LogP contribution in [0.3, 0.4) is 0 Å². The lowest BCUT2D eigenvalue weighted by atomic mass is 10.1. The van der Waals surface area contributed by atoms with Crippen LogP contribution in [0.1, 0.15) is 24.0 Å². The topological polar surface area (TPSA) is 77.2 Å². The van der Waals surface area contributed by atoms with E-state index in [1.54, 1.807) is 18.3 Å². The van der Waals surface area contributed by atoms with Gasteiger partial charge in [-0.15, -0.1) is 0 Å². The number of nitrogens with one attached hydrogen (secondary N) is 1. The normalized spacial score (nSPS) is 15.2. The van der Waals surface area contributed by atoms with E-state index in [1.165, 1.54) is 5.56 Å². The minimum atomic E-state index is -0.687. The summed E-state index contributed by atoms with van der Waals surface area (Å²) in [6.07, 6.45) is 3.05. The zero-order valence-corrected chi connectivity index (χ0v) is 12.7. The molecule has 1 heterocycles. The Morgan fingerprint density at radius 1 is 1.27 bits per heavy atom. The van der Waals surface area contributed by atoms with E-state index in [1.807, 2.05) is 32.0 Å². The monoisotopic (exact) mass is 297 g/mol. The first-order chi connectivity index (χ1) is 10.5. The molecule has 1 aliphatic carbocycles. The van der Waals surface area contributed by atoms with E-state index in [-0.39, 0.29) is 5.91 Å². The summed E-state index contributed by atoms with van der Waals surface area (Å²) in [6.45, 7) is 4.05. The number of nitrogens with two attached hydrogens (primary N) is 1. The number of nitrogens with zero attached hydrogens (tertiary/aromatic N) is 1. The molecule has 114 valence electrons. The number of anilines is 1. The average molecular weight is 297 g/mol. The zero-order chi connectivity index (χ0) is 15.7. The highest BCUT2D eigenvalue weighted by Crippen LogP contribution is 2.33. The molecule has 1 amide bonds. The standard InChI is InChI=1S/C17H19N3O2/c1-11-4-3-5-14(12(11)2)22-15-7-6-13(10-19-15)20-16(21)17(18)8-9-17/h3-7,10H,8-9,18H2,1-2H3,(H,20,21). The molecule has 1 saturated carbocycles. The first kappa shape index (κ1) is 14.5.